The first-order chi connectivity index (χ1) is 14.2. The van der Waals surface area contributed by atoms with E-state index in [4.69, 9.17) is 4.74 Å². The molecule has 0 aromatic carbocycles. The van der Waals surface area contributed by atoms with Crippen molar-refractivity contribution in [2.45, 2.75) is 71.1 Å². The molecule has 8 heteroatoms. The number of nitriles is 1. The van der Waals surface area contributed by atoms with Gasteiger partial charge in [-0.15, -0.1) is 0 Å². The van der Waals surface area contributed by atoms with Gasteiger partial charge in [0.25, 0.3) is 0 Å². The van der Waals surface area contributed by atoms with Crippen LogP contribution in [-0.4, -0.2) is 24.9 Å². The van der Waals surface area contributed by atoms with Crippen LogP contribution < -0.4 is 5.32 Å². The molecule has 166 valence electrons. The van der Waals surface area contributed by atoms with Gasteiger partial charge >= 0.3 is 12.1 Å². The van der Waals surface area contributed by atoms with Crippen LogP contribution >= 0.6 is 0 Å². The van der Waals surface area contributed by atoms with Crippen molar-refractivity contribution in [2.24, 2.45) is 23.7 Å². The van der Waals surface area contributed by atoms with E-state index in [1.165, 1.54) is 0 Å². The molecule has 0 saturated heterocycles. The van der Waals surface area contributed by atoms with Gasteiger partial charge in [0, 0.05) is 17.3 Å². The summed E-state index contributed by atoms with van der Waals surface area (Å²) in [6.45, 7) is 3.78. The Hall–Kier alpha value is -2.04. The molecule has 0 radical (unpaired) electrons. The van der Waals surface area contributed by atoms with Gasteiger partial charge in [-0.2, -0.15) is 18.4 Å². The van der Waals surface area contributed by atoms with Gasteiger partial charge in [0.05, 0.1) is 29.7 Å². The minimum Gasteiger partial charge on any atom is -0.462 e. The molecule has 4 atom stereocenters. The third-order valence-corrected chi connectivity index (χ3v) is 6.37. The van der Waals surface area contributed by atoms with Crippen molar-refractivity contribution in [3.63, 3.8) is 0 Å². The molecule has 0 spiro atoms. The maximum atomic E-state index is 13.9. The molecule has 2 aliphatic carbocycles. The van der Waals surface area contributed by atoms with Crippen molar-refractivity contribution >= 4 is 5.97 Å². The molecule has 30 heavy (non-hydrogen) atoms. The first kappa shape index (κ1) is 22.6. The number of hydrogen-bond donors (Lipinski definition) is 1. The second kappa shape index (κ2) is 8.99. The molecule has 2 saturated carbocycles. The molecular weight excluding hydrogens is 400 g/mol. The van der Waals surface area contributed by atoms with Crippen molar-refractivity contribution in [3.8, 4) is 6.07 Å². The molecule has 3 rings (SSSR count). The monoisotopic (exact) mass is 428 g/mol. The molecule has 4 nitrogen and oxygen atoms in total. The summed E-state index contributed by atoms with van der Waals surface area (Å²) in [7, 11) is 0. The van der Waals surface area contributed by atoms with E-state index in [0.29, 0.717) is 30.2 Å². The van der Waals surface area contributed by atoms with E-state index in [-0.39, 0.29) is 30.6 Å². The largest absolute Gasteiger partial charge is 0.462 e. The number of rotatable bonds is 6. The van der Waals surface area contributed by atoms with Crippen LogP contribution in [0.25, 0.3) is 0 Å². The van der Waals surface area contributed by atoms with Crippen LogP contribution in [0.5, 0.6) is 0 Å². The number of carbonyl (C=O) groups excluding carboxylic acids is 1. The predicted molar refractivity (Wildman–Crippen MR) is 102 cm³/mol. The van der Waals surface area contributed by atoms with Crippen LogP contribution in [0.15, 0.2) is 22.5 Å². The van der Waals surface area contributed by atoms with Gasteiger partial charge < -0.3 is 10.1 Å². The summed E-state index contributed by atoms with van der Waals surface area (Å²) in [5, 5.41) is 12.8. The highest BCUT2D eigenvalue weighted by molar-refractivity contribution is 5.91. The summed E-state index contributed by atoms with van der Waals surface area (Å²) >= 11 is 0. The number of alkyl halides is 4. The van der Waals surface area contributed by atoms with E-state index in [1.54, 1.807) is 6.92 Å². The van der Waals surface area contributed by atoms with Gasteiger partial charge in [0.1, 0.15) is 6.17 Å². The zero-order chi connectivity index (χ0) is 22.1. The standard InChI is InChI=1S/C22H28F4N2O2/c1-3-4-18-20(21(29)30-11-13-5-6-13)19(16(10-27)12(2)28-18)15-8-7-14(23)9-17(15)22(24,25)26/h13-15,17,19,28H,3-9,11H2,1-2H3. The minimum absolute atomic E-state index is 0.00750. The van der Waals surface area contributed by atoms with Crippen molar-refractivity contribution in [3.05, 3.63) is 22.5 Å². The van der Waals surface area contributed by atoms with Gasteiger partial charge in [-0.05, 0) is 57.3 Å². The van der Waals surface area contributed by atoms with Crippen molar-refractivity contribution in [1.82, 2.24) is 5.32 Å². The van der Waals surface area contributed by atoms with Crippen LogP contribution in [0.2, 0.25) is 0 Å². The molecule has 1 N–H and O–H groups in total. The van der Waals surface area contributed by atoms with Crippen LogP contribution in [0.3, 0.4) is 0 Å². The first-order valence-corrected chi connectivity index (χ1v) is 10.7. The molecule has 2 fully saturated rings. The lowest BCUT2D eigenvalue weighted by Crippen LogP contribution is -2.44. The Bertz CT molecular complexity index is 777. The van der Waals surface area contributed by atoms with E-state index in [9.17, 15) is 27.6 Å². The van der Waals surface area contributed by atoms with Gasteiger partial charge in [-0.25, -0.2) is 9.18 Å². The molecule has 1 aliphatic heterocycles. The highest BCUT2D eigenvalue weighted by Crippen LogP contribution is 2.50. The van der Waals surface area contributed by atoms with E-state index >= 15 is 0 Å². The number of dihydropyridines is 1. The third kappa shape index (κ3) is 4.81. The van der Waals surface area contributed by atoms with E-state index in [1.807, 2.05) is 13.0 Å². The van der Waals surface area contributed by atoms with Crippen LogP contribution in [-0.2, 0) is 9.53 Å². The maximum Gasteiger partial charge on any atom is 0.392 e. The lowest BCUT2D eigenvalue weighted by Gasteiger charge is -2.42. The molecular formula is C22H28F4N2O2. The highest BCUT2D eigenvalue weighted by atomic mass is 19.4. The normalized spacial score (nSPS) is 30.0. The minimum atomic E-state index is -4.61. The maximum absolute atomic E-state index is 13.9. The molecule has 0 aromatic rings. The Morgan fingerprint density at radius 1 is 1.27 bits per heavy atom. The molecule has 0 amide bonds. The Balaban J connectivity index is 2.04. The second-order valence-electron chi connectivity index (χ2n) is 8.66. The number of ether oxygens (including phenoxy) is 1. The number of nitrogens with one attached hydrogen (secondary N) is 1. The van der Waals surface area contributed by atoms with E-state index < -0.39 is 42.5 Å². The Morgan fingerprint density at radius 2 is 1.97 bits per heavy atom. The number of esters is 1. The summed E-state index contributed by atoms with van der Waals surface area (Å²) in [6.07, 6.45) is -3.76. The molecule has 1 heterocycles. The number of carbonyl (C=O) groups is 1. The Kier molecular flexibility index (Phi) is 6.78. The zero-order valence-electron chi connectivity index (χ0n) is 17.3. The fourth-order valence-corrected chi connectivity index (χ4v) is 4.68. The average molecular weight is 428 g/mol. The summed E-state index contributed by atoms with van der Waals surface area (Å²) < 4.78 is 61.0. The molecule has 3 aliphatic rings. The Labute approximate surface area is 174 Å². The summed E-state index contributed by atoms with van der Waals surface area (Å²) in [4.78, 5) is 13.1. The summed E-state index contributed by atoms with van der Waals surface area (Å²) in [5.41, 5.74) is 1.21. The van der Waals surface area contributed by atoms with Crippen molar-refractivity contribution in [2.75, 3.05) is 6.61 Å². The van der Waals surface area contributed by atoms with Crippen LogP contribution in [0.1, 0.15) is 58.8 Å². The van der Waals surface area contributed by atoms with Crippen molar-refractivity contribution in [1.29, 1.82) is 5.26 Å². The van der Waals surface area contributed by atoms with Crippen LogP contribution in [0, 0.1) is 35.0 Å². The molecule has 0 aromatic heterocycles. The molecule has 0 bridgehead atoms. The van der Waals surface area contributed by atoms with Gasteiger partial charge in [0.2, 0.25) is 0 Å². The van der Waals surface area contributed by atoms with Crippen molar-refractivity contribution < 1.29 is 27.1 Å². The van der Waals surface area contributed by atoms with E-state index in [0.717, 1.165) is 12.8 Å². The third-order valence-electron chi connectivity index (χ3n) is 6.37. The van der Waals surface area contributed by atoms with Crippen LogP contribution in [0.4, 0.5) is 17.6 Å². The van der Waals surface area contributed by atoms with Gasteiger partial charge in [-0.3, -0.25) is 0 Å². The van der Waals surface area contributed by atoms with Gasteiger partial charge in [0.15, 0.2) is 0 Å². The average Bonchev–Trinajstić information content (AvgIpc) is 3.50. The topological polar surface area (TPSA) is 62.1 Å². The lowest BCUT2D eigenvalue weighted by atomic mass is 9.65. The van der Waals surface area contributed by atoms with Gasteiger partial charge in [-0.1, -0.05) is 13.3 Å². The Morgan fingerprint density at radius 3 is 2.53 bits per heavy atom. The number of allylic oxidation sites excluding steroid dienone is 3. The van der Waals surface area contributed by atoms with E-state index in [2.05, 4.69) is 5.32 Å². The second-order valence-corrected chi connectivity index (χ2v) is 8.66. The fraction of sp³-hybridized carbons (Fsp3) is 0.727. The fourth-order valence-electron chi connectivity index (χ4n) is 4.68. The highest BCUT2D eigenvalue weighted by Gasteiger charge is 2.53. The SMILES string of the molecule is CCCC1=C(C(=O)OCC2CC2)C(C2CCC(F)CC2C(F)(F)F)C(C#N)=C(C)N1. The number of halogens is 4. The summed E-state index contributed by atoms with van der Waals surface area (Å²) in [5.74, 6) is -4.37. The number of hydrogen-bond acceptors (Lipinski definition) is 4. The molecule has 4 unspecified atom stereocenters. The first-order valence-electron chi connectivity index (χ1n) is 10.7. The summed E-state index contributed by atoms with van der Waals surface area (Å²) in [6, 6.07) is 2.02. The number of nitrogens with zero attached hydrogens (tertiary/aromatic N) is 1. The quantitative estimate of drug-likeness (QED) is 0.459. The predicted octanol–water partition coefficient (Wildman–Crippen LogP) is 5.33. The zero-order valence-corrected chi connectivity index (χ0v) is 17.3. The lowest BCUT2D eigenvalue weighted by molar-refractivity contribution is -0.205. The smallest absolute Gasteiger partial charge is 0.392 e.